The van der Waals surface area contributed by atoms with Gasteiger partial charge in [-0.05, 0) is 59.8 Å². The molecule has 4 aliphatic rings. The second-order valence-corrected chi connectivity index (χ2v) is 9.19. The fourth-order valence-corrected chi connectivity index (χ4v) is 6.00. The molecule has 2 bridgehead atoms. The molecule has 1 fully saturated rings. The van der Waals surface area contributed by atoms with Crippen molar-refractivity contribution in [1.29, 1.82) is 0 Å². The molecule has 1 aliphatic heterocycles. The van der Waals surface area contributed by atoms with Gasteiger partial charge in [-0.1, -0.05) is 45.1 Å². The van der Waals surface area contributed by atoms with Crippen LogP contribution in [0.5, 0.6) is 0 Å². The van der Waals surface area contributed by atoms with Crippen LogP contribution >= 0.6 is 0 Å². The van der Waals surface area contributed by atoms with Crippen molar-refractivity contribution in [3.8, 4) is 0 Å². The number of hydrogen-bond donors (Lipinski definition) is 0. The van der Waals surface area contributed by atoms with Gasteiger partial charge in [0.15, 0.2) is 0 Å². The van der Waals surface area contributed by atoms with E-state index in [4.69, 9.17) is 0 Å². The molecule has 0 radical (unpaired) electrons. The highest BCUT2D eigenvalue weighted by molar-refractivity contribution is 5.71. The second kappa shape index (κ2) is 4.47. The van der Waals surface area contributed by atoms with E-state index in [1.54, 1.807) is 11.3 Å². The molecule has 1 aromatic rings. The maximum atomic E-state index is 2.56. The van der Waals surface area contributed by atoms with Crippen molar-refractivity contribution in [2.45, 2.75) is 51.9 Å². The second-order valence-electron chi connectivity index (χ2n) is 9.19. The van der Waals surface area contributed by atoms with Gasteiger partial charge in [0.2, 0.25) is 0 Å². The van der Waals surface area contributed by atoms with Crippen molar-refractivity contribution < 1.29 is 0 Å². The van der Waals surface area contributed by atoms with Crippen LogP contribution in [0.25, 0.3) is 6.08 Å². The number of allylic oxidation sites excluding steroid dienone is 2. The maximum absolute atomic E-state index is 2.56. The lowest BCUT2D eigenvalue weighted by Gasteiger charge is -2.40. The first-order valence-electron chi connectivity index (χ1n) is 9.45. The third-order valence-corrected chi connectivity index (χ3v) is 7.07. The lowest BCUT2D eigenvalue weighted by Crippen LogP contribution is -2.40. The van der Waals surface area contributed by atoms with Crippen LogP contribution in [-0.4, -0.2) is 18.6 Å². The van der Waals surface area contributed by atoms with Crippen LogP contribution in [0, 0.1) is 11.3 Å². The zero-order valence-electron chi connectivity index (χ0n) is 15.4. The summed E-state index contributed by atoms with van der Waals surface area (Å²) in [6.45, 7) is 8.37. The van der Waals surface area contributed by atoms with Gasteiger partial charge in [-0.3, -0.25) is 10.0 Å². The number of nitrogens with zero attached hydrogens (tertiary/aromatic N) is 2. The molecule has 126 valence electrons. The molecule has 1 heterocycles. The Hall–Kier alpha value is -1.70. The summed E-state index contributed by atoms with van der Waals surface area (Å²) in [7, 11) is 2.29. The van der Waals surface area contributed by atoms with Crippen LogP contribution in [0.4, 0.5) is 5.69 Å². The summed E-state index contributed by atoms with van der Waals surface area (Å²) in [5.41, 5.74) is 8.34. The quantitative estimate of drug-likeness (QED) is 0.708. The van der Waals surface area contributed by atoms with E-state index < -0.39 is 0 Å². The Bertz CT molecular complexity index is 785. The molecule has 0 aromatic heterocycles. The van der Waals surface area contributed by atoms with Gasteiger partial charge in [-0.25, -0.2) is 0 Å². The molecule has 0 amide bonds. The lowest BCUT2D eigenvalue weighted by atomic mass is 9.75. The molecular weight excluding hydrogens is 292 g/mol. The van der Waals surface area contributed by atoms with E-state index in [9.17, 15) is 0 Å². The van der Waals surface area contributed by atoms with Crippen molar-refractivity contribution in [3.05, 3.63) is 46.7 Å². The fourth-order valence-electron chi connectivity index (χ4n) is 6.00. The van der Waals surface area contributed by atoms with Gasteiger partial charge in [0.05, 0.1) is 12.2 Å². The Morgan fingerprint density at radius 1 is 1.17 bits per heavy atom. The van der Waals surface area contributed by atoms with Gasteiger partial charge in [0.1, 0.15) is 0 Å². The van der Waals surface area contributed by atoms with E-state index in [-0.39, 0.29) is 5.41 Å². The van der Waals surface area contributed by atoms with Crippen LogP contribution in [-0.2, 0) is 5.41 Å². The highest BCUT2D eigenvalue weighted by atomic mass is 15.6. The van der Waals surface area contributed by atoms with Gasteiger partial charge >= 0.3 is 0 Å². The predicted molar refractivity (Wildman–Crippen MR) is 101 cm³/mol. The molecule has 2 nitrogen and oxygen atoms in total. The summed E-state index contributed by atoms with van der Waals surface area (Å²) >= 11 is 0. The Morgan fingerprint density at radius 3 is 2.79 bits per heavy atom. The van der Waals surface area contributed by atoms with E-state index in [0.717, 1.165) is 18.9 Å². The molecular formula is C22H28N2. The zero-order valence-corrected chi connectivity index (χ0v) is 15.4. The number of rotatable bonds is 1. The van der Waals surface area contributed by atoms with E-state index in [2.05, 4.69) is 68.2 Å². The molecule has 5 rings (SSSR count). The topological polar surface area (TPSA) is 6.48 Å². The minimum atomic E-state index is 0.206. The highest BCUT2D eigenvalue weighted by Gasteiger charge is 2.53. The number of hydrogen-bond acceptors (Lipinski definition) is 2. The van der Waals surface area contributed by atoms with Gasteiger partial charge in [0, 0.05) is 18.2 Å². The van der Waals surface area contributed by atoms with E-state index in [1.165, 1.54) is 36.1 Å². The van der Waals surface area contributed by atoms with Crippen molar-refractivity contribution in [2.75, 3.05) is 18.6 Å². The number of benzene rings is 1. The Morgan fingerprint density at radius 2 is 2.00 bits per heavy atom. The van der Waals surface area contributed by atoms with Gasteiger partial charge < -0.3 is 0 Å². The minimum Gasteiger partial charge on any atom is -0.292 e. The van der Waals surface area contributed by atoms with Gasteiger partial charge in [-0.15, -0.1) is 0 Å². The molecule has 2 heteroatoms. The van der Waals surface area contributed by atoms with Gasteiger partial charge in [-0.2, -0.15) is 0 Å². The SMILES string of the molecule is CN1C2=C(CN1c1cccc3c1C(C)(C)CC=C3)[C@H]1CC[C@]2(C)C1. The molecule has 0 unspecified atom stereocenters. The standard InChI is InChI=1S/C22H28N2/c1-21(2)11-6-8-15-7-5-9-18(19(15)21)24-14-17-16-10-12-22(3,13-16)20(17)23(24)4/h5-9,16H,10-14H2,1-4H3/t16-,22+/m0/s1. The molecule has 0 N–H and O–H groups in total. The first-order chi connectivity index (χ1) is 11.4. The van der Waals surface area contributed by atoms with E-state index >= 15 is 0 Å². The van der Waals surface area contributed by atoms with Crippen molar-refractivity contribution >= 4 is 11.8 Å². The van der Waals surface area contributed by atoms with E-state index in [1.807, 2.05) is 0 Å². The van der Waals surface area contributed by atoms with Crippen LogP contribution in [0.1, 0.15) is 57.6 Å². The number of anilines is 1. The Balaban J connectivity index is 1.60. The average molecular weight is 320 g/mol. The number of hydrazine groups is 1. The van der Waals surface area contributed by atoms with Crippen molar-refractivity contribution in [1.82, 2.24) is 5.01 Å². The molecule has 2 atom stereocenters. The van der Waals surface area contributed by atoms with Crippen LogP contribution in [0.3, 0.4) is 0 Å². The summed E-state index contributed by atoms with van der Waals surface area (Å²) in [5, 5.41) is 5.05. The molecule has 24 heavy (non-hydrogen) atoms. The fraction of sp³-hybridized carbons (Fsp3) is 0.545. The average Bonchev–Trinajstić information content (AvgIpc) is 3.16. The summed E-state index contributed by atoms with van der Waals surface area (Å²) in [6, 6.07) is 6.84. The summed E-state index contributed by atoms with van der Waals surface area (Å²) in [4.78, 5) is 0. The predicted octanol–water partition coefficient (Wildman–Crippen LogP) is 5.12. The van der Waals surface area contributed by atoms with Crippen LogP contribution in [0.2, 0.25) is 0 Å². The molecule has 0 spiro atoms. The first kappa shape index (κ1) is 14.6. The summed E-state index contributed by atoms with van der Waals surface area (Å²) < 4.78 is 0. The van der Waals surface area contributed by atoms with Crippen molar-refractivity contribution in [3.63, 3.8) is 0 Å². The smallest absolute Gasteiger partial charge is 0.0629 e. The largest absolute Gasteiger partial charge is 0.292 e. The zero-order chi connectivity index (χ0) is 16.7. The Kier molecular flexibility index (Phi) is 2.73. The Labute approximate surface area is 145 Å². The molecule has 3 aliphatic carbocycles. The highest BCUT2D eigenvalue weighted by Crippen LogP contribution is 2.60. The summed E-state index contributed by atoms with van der Waals surface area (Å²) in [5.74, 6) is 0.838. The van der Waals surface area contributed by atoms with E-state index in [0.29, 0.717) is 5.41 Å². The first-order valence-corrected chi connectivity index (χ1v) is 9.45. The number of fused-ring (bicyclic) bond motifs is 5. The summed E-state index contributed by atoms with van der Waals surface area (Å²) in [6.07, 6.45) is 9.93. The van der Waals surface area contributed by atoms with Crippen molar-refractivity contribution in [2.24, 2.45) is 11.3 Å². The maximum Gasteiger partial charge on any atom is 0.0629 e. The lowest BCUT2D eigenvalue weighted by molar-refractivity contribution is 0.287. The normalized spacial score (nSPS) is 32.6. The third-order valence-electron chi connectivity index (χ3n) is 7.07. The monoisotopic (exact) mass is 320 g/mol. The van der Waals surface area contributed by atoms with Crippen LogP contribution < -0.4 is 5.01 Å². The van der Waals surface area contributed by atoms with Gasteiger partial charge in [0.25, 0.3) is 0 Å². The van der Waals surface area contributed by atoms with Crippen LogP contribution in [0.15, 0.2) is 35.5 Å². The minimum absolute atomic E-state index is 0.206. The third kappa shape index (κ3) is 1.72. The molecule has 1 saturated carbocycles. The molecule has 0 saturated heterocycles. The molecule has 1 aromatic carbocycles.